The Bertz CT molecular complexity index is 193. The highest BCUT2D eigenvalue weighted by Gasteiger charge is 1.93. The van der Waals surface area contributed by atoms with E-state index in [0.717, 1.165) is 13.0 Å². The zero-order valence-corrected chi connectivity index (χ0v) is 13.2. The van der Waals surface area contributed by atoms with Gasteiger partial charge in [-0.1, -0.05) is 19.8 Å². The highest BCUT2D eigenvalue weighted by atomic mass is 127. The third-order valence-corrected chi connectivity index (χ3v) is 2.53. The number of unbranched alkanes of at least 4 members (excludes halogenated alkanes) is 2. The molecule has 0 aromatic carbocycles. The smallest absolute Gasteiger partial charge is 0.280 e. The van der Waals surface area contributed by atoms with Crippen LogP contribution in [0.5, 0.6) is 0 Å². The Labute approximate surface area is 123 Å². The van der Waals surface area contributed by atoms with Crippen LogP contribution in [0.1, 0.15) is 26.2 Å². The Morgan fingerprint density at radius 1 is 0.944 bits per heavy atom. The van der Waals surface area contributed by atoms with Crippen LogP contribution in [-0.4, -0.2) is 50.1 Å². The average Bonchev–Trinajstić information content (AvgIpc) is 2.34. The largest absolute Gasteiger partial charge is 0.379 e. The Morgan fingerprint density at radius 2 is 1.50 bits per heavy atom. The van der Waals surface area contributed by atoms with Gasteiger partial charge in [-0.15, -0.1) is 0 Å². The van der Waals surface area contributed by atoms with Crippen LogP contribution in [-0.2, 0) is 14.2 Å². The fourth-order valence-corrected chi connectivity index (χ4v) is 1.49. The fourth-order valence-electron chi connectivity index (χ4n) is 1.22. The molecule has 0 atom stereocenters. The van der Waals surface area contributed by atoms with Gasteiger partial charge >= 0.3 is 0 Å². The molecule has 108 valence electrons. The molecule has 0 fully saturated rings. The predicted molar refractivity (Wildman–Crippen MR) is 79.4 cm³/mol. The van der Waals surface area contributed by atoms with Crippen molar-refractivity contribution in [1.82, 2.24) is 5.32 Å². The highest BCUT2D eigenvalue weighted by Crippen LogP contribution is 1.93. The quantitative estimate of drug-likeness (QED) is 0.233. The van der Waals surface area contributed by atoms with Gasteiger partial charge in [-0.25, -0.2) is 0 Å². The van der Waals surface area contributed by atoms with Crippen molar-refractivity contribution < 1.29 is 19.0 Å². The molecular formula is C12H24INO4. The second kappa shape index (κ2) is 15.1. The molecule has 0 aliphatic carbocycles. The van der Waals surface area contributed by atoms with Crippen LogP contribution in [0.25, 0.3) is 0 Å². The van der Waals surface area contributed by atoms with Crippen molar-refractivity contribution in [2.75, 3.05) is 46.2 Å². The summed E-state index contributed by atoms with van der Waals surface area (Å²) in [5.74, 6) is 0. The van der Waals surface area contributed by atoms with Gasteiger partial charge in [0.25, 0.3) is 3.91 Å². The molecule has 0 heterocycles. The first-order valence-electron chi connectivity index (χ1n) is 6.44. The van der Waals surface area contributed by atoms with E-state index in [1.807, 2.05) is 0 Å². The zero-order chi connectivity index (χ0) is 13.5. The van der Waals surface area contributed by atoms with Crippen molar-refractivity contribution >= 4 is 26.5 Å². The molecule has 0 saturated heterocycles. The Morgan fingerprint density at radius 3 is 2.06 bits per heavy atom. The summed E-state index contributed by atoms with van der Waals surface area (Å²) in [5.41, 5.74) is 0. The molecule has 0 bridgehead atoms. The van der Waals surface area contributed by atoms with E-state index < -0.39 is 0 Å². The maximum absolute atomic E-state index is 10.5. The van der Waals surface area contributed by atoms with Gasteiger partial charge in [0.15, 0.2) is 0 Å². The molecule has 0 spiro atoms. The average molecular weight is 373 g/mol. The normalized spacial score (nSPS) is 10.6. The lowest BCUT2D eigenvalue weighted by atomic mass is 10.3. The number of rotatable bonds is 13. The van der Waals surface area contributed by atoms with Crippen LogP contribution in [0.3, 0.4) is 0 Å². The molecule has 0 unspecified atom stereocenters. The molecule has 0 radical (unpaired) electrons. The lowest BCUT2D eigenvalue weighted by Crippen LogP contribution is -2.22. The lowest BCUT2D eigenvalue weighted by molar-refractivity contribution is 0.0148. The standard InChI is InChI=1S/C12H24INO4/c1-2-3-4-6-16-8-10-18-11-9-17-7-5-14-12(13)15/h2-11H2,1H3,(H,14,15). The Kier molecular flexibility index (Phi) is 15.2. The first-order valence-corrected chi connectivity index (χ1v) is 7.51. The minimum Gasteiger partial charge on any atom is -0.379 e. The van der Waals surface area contributed by atoms with E-state index in [9.17, 15) is 4.79 Å². The van der Waals surface area contributed by atoms with Gasteiger partial charge < -0.3 is 19.5 Å². The first kappa shape index (κ1) is 18.1. The van der Waals surface area contributed by atoms with E-state index in [2.05, 4.69) is 12.2 Å². The zero-order valence-electron chi connectivity index (χ0n) is 11.1. The van der Waals surface area contributed by atoms with Crippen molar-refractivity contribution in [3.63, 3.8) is 0 Å². The summed E-state index contributed by atoms with van der Waals surface area (Å²) in [7, 11) is 0. The molecule has 0 aromatic rings. The molecule has 18 heavy (non-hydrogen) atoms. The molecule has 1 N–H and O–H groups in total. The van der Waals surface area contributed by atoms with Crippen LogP contribution in [0, 0.1) is 0 Å². The number of carbonyl (C=O) groups excluding carboxylic acids is 1. The summed E-state index contributed by atoms with van der Waals surface area (Å²) in [5, 5.41) is 2.64. The van der Waals surface area contributed by atoms with Crippen LogP contribution >= 0.6 is 22.6 Å². The van der Waals surface area contributed by atoms with Crippen LogP contribution in [0.4, 0.5) is 4.79 Å². The predicted octanol–water partition coefficient (Wildman–Crippen LogP) is 2.37. The summed E-state index contributed by atoms with van der Waals surface area (Å²) in [4.78, 5) is 10.5. The van der Waals surface area contributed by atoms with Gasteiger partial charge in [0.05, 0.1) is 33.0 Å². The van der Waals surface area contributed by atoms with Gasteiger partial charge in [-0.3, -0.25) is 4.79 Å². The number of hydrogen-bond donors (Lipinski definition) is 1. The van der Waals surface area contributed by atoms with Crippen molar-refractivity contribution in [1.29, 1.82) is 0 Å². The number of nitrogens with one attached hydrogen (secondary N) is 1. The maximum atomic E-state index is 10.5. The molecule has 5 nitrogen and oxygen atoms in total. The van der Waals surface area contributed by atoms with Gasteiger partial charge in [-0.2, -0.15) is 0 Å². The molecule has 6 heteroatoms. The number of carbonyl (C=O) groups is 1. The van der Waals surface area contributed by atoms with Gasteiger partial charge in [-0.05, 0) is 6.42 Å². The van der Waals surface area contributed by atoms with Gasteiger partial charge in [0.2, 0.25) is 0 Å². The SMILES string of the molecule is CCCCCOCCOCCOCCNC(=O)I. The van der Waals surface area contributed by atoms with E-state index in [1.54, 1.807) is 22.6 Å². The lowest BCUT2D eigenvalue weighted by Gasteiger charge is -2.06. The summed E-state index contributed by atoms with van der Waals surface area (Å²) in [6, 6.07) is 0. The monoisotopic (exact) mass is 373 g/mol. The number of amides is 1. The number of ether oxygens (including phenoxy) is 3. The molecule has 0 aliphatic rings. The summed E-state index contributed by atoms with van der Waals surface area (Å²) in [6.45, 7) is 6.43. The van der Waals surface area contributed by atoms with Crippen molar-refractivity contribution in [3.05, 3.63) is 0 Å². The topological polar surface area (TPSA) is 56.8 Å². The minimum absolute atomic E-state index is 0.0623. The molecule has 0 rings (SSSR count). The van der Waals surface area contributed by atoms with E-state index in [0.29, 0.717) is 39.6 Å². The van der Waals surface area contributed by atoms with E-state index in [1.165, 1.54) is 12.8 Å². The van der Waals surface area contributed by atoms with Crippen molar-refractivity contribution in [3.8, 4) is 0 Å². The Hall–Kier alpha value is 0.0800. The van der Waals surface area contributed by atoms with Crippen LogP contribution < -0.4 is 5.32 Å². The molecular weight excluding hydrogens is 349 g/mol. The third kappa shape index (κ3) is 16.1. The highest BCUT2D eigenvalue weighted by molar-refractivity contribution is 14.1. The van der Waals surface area contributed by atoms with Crippen molar-refractivity contribution in [2.45, 2.75) is 26.2 Å². The summed E-state index contributed by atoms with van der Waals surface area (Å²) in [6.07, 6.45) is 3.57. The minimum atomic E-state index is -0.0623. The number of hydrogen-bond acceptors (Lipinski definition) is 4. The molecule has 1 amide bonds. The summed E-state index contributed by atoms with van der Waals surface area (Å²) >= 11 is 1.69. The second-order valence-electron chi connectivity index (χ2n) is 3.74. The second-order valence-corrected chi connectivity index (χ2v) is 4.72. The Balaban J connectivity index is 2.92. The van der Waals surface area contributed by atoms with E-state index in [4.69, 9.17) is 14.2 Å². The third-order valence-electron chi connectivity index (χ3n) is 2.15. The van der Waals surface area contributed by atoms with Gasteiger partial charge in [0, 0.05) is 35.7 Å². The molecule has 0 saturated carbocycles. The van der Waals surface area contributed by atoms with Crippen LogP contribution in [0.15, 0.2) is 0 Å². The molecule has 0 aliphatic heterocycles. The first-order chi connectivity index (χ1) is 8.77. The fraction of sp³-hybridized carbons (Fsp3) is 0.917. The number of halogens is 1. The van der Waals surface area contributed by atoms with Crippen molar-refractivity contribution in [2.24, 2.45) is 0 Å². The molecule has 0 aromatic heterocycles. The van der Waals surface area contributed by atoms with Crippen LogP contribution in [0.2, 0.25) is 0 Å². The van der Waals surface area contributed by atoms with Gasteiger partial charge in [0.1, 0.15) is 0 Å². The summed E-state index contributed by atoms with van der Waals surface area (Å²) < 4.78 is 15.9. The van der Waals surface area contributed by atoms with E-state index in [-0.39, 0.29) is 3.91 Å². The van der Waals surface area contributed by atoms with E-state index >= 15 is 0 Å². The maximum Gasteiger partial charge on any atom is 0.280 e.